The number of benzene rings is 2. The first kappa shape index (κ1) is 15.4. The van der Waals surface area contributed by atoms with Gasteiger partial charge in [-0.15, -0.1) is 11.8 Å². The molecular formula is C20H22OS. The highest BCUT2D eigenvalue weighted by molar-refractivity contribution is 7.99. The summed E-state index contributed by atoms with van der Waals surface area (Å²) in [7, 11) is 1.78. The van der Waals surface area contributed by atoms with E-state index in [2.05, 4.69) is 69.0 Å². The number of ether oxygens (including phenoxy) is 1. The summed E-state index contributed by atoms with van der Waals surface area (Å²) in [5.41, 5.74) is 4.87. The zero-order valence-electron chi connectivity index (χ0n) is 13.4. The maximum absolute atomic E-state index is 5.79. The molecule has 1 aliphatic rings. The zero-order valence-corrected chi connectivity index (χ0v) is 14.2. The Morgan fingerprint density at radius 2 is 1.77 bits per heavy atom. The van der Waals surface area contributed by atoms with E-state index in [9.17, 15) is 0 Å². The predicted molar refractivity (Wildman–Crippen MR) is 95.3 cm³/mol. The van der Waals surface area contributed by atoms with Gasteiger partial charge in [-0.25, -0.2) is 0 Å². The first-order valence-electron chi connectivity index (χ1n) is 7.61. The Labute approximate surface area is 137 Å². The number of hydrogen-bond donors (Lipinski definition) is 0. The molecule has 1 heterocycles. The van der Waals surface area contributed by atoms with Gasteiger partial charge in [0.1, 0.15) is 0 Å². The third kappa shape index (κ3) is 2.62. The van der Waals surface area contributed by atoms with Crippen LogP contribution in [-0.2, 0) is 4.74 Å². The monoisotopic (exact) mass is 310 g/mol. The fourth-order valence-electron chi connectivity index (χ4n) is 2.97. The topological polar surface area (TPSA) is 9.23 Å². The van der Waals surface area contributed by atoms with Crippen LogP contribution in [-0.4, -0.2) is 12.7 Å². The van der Waals surface area contributed by atoms with Crippen molar-refractivity contribution in [2.75, 3.05) is 7.11 Å². The Morgan fingerprint density at radius 3 is 2.45 bits per heavy atom. The Balaban J connectivity index is 2.04. The van der Waals surface area contributed by atoms with Crippen LogP contribution in [0, 0.1) is 0 Å². The molecule has 2 aromatic carbocycles. The summed E-state index contributed by atoms with van der Waals surface area (Å²) in [6.45, 7) is 8.32. The van der Waals surface area contributed by atoms with Gasteiger partial charge in [0.25, 0.3) is 0 Å². The Morgan fingerprint density at radius 1 is 1.14 bits per heavy atom. The normalized spacial score (nSPS) is 19.0. The van der Waals surface area contributed by atoms with Crippen LogP contribution in [0.5, 0.6) is 0 Å². The van der Waals surface area contributed by atoms with Crippen LogP contribution in [0.15, 0.2) is 65.6 Å². The average Bonchev–Trinajstić information content (AvgIpc) is 2.54. The van der Waals surface area contributed by atoms with Gasteiger partial charge in [-0.3, -0.25) is 0 Å². The molecule has 1 aliphatic heterocycles. The van der Waals surface area contributed by atoms with Crippen LogP contribution < -0.4 is 0 Å². The SMILES string of the molecule is C=C(C)[C@](C)(CC1Sc2ccccc2-c2ccccc21)OC. The van der Waals surface area contributed by atoms with Crippen molar-refractivity contribution in [1.29, 1.82) is 0 Å². The zero-order chi connectivity index (χ0) is 15.7. The second-order valence-electron chi connectivity index (χ2n) is 6.11. The van der Waals surface area contributed by atoms with Crippen LogP contribution in [0.25, 0.3) is 11.1 Å². The molecule has 0 saturated carbocycles. The maximum atomic E-state index is 5.79. The number of rotatable bonds is 4. The van der Waals surface area contributed by atoms with Crippen LogP contribution >= 0.6 is 11.8 Å². The van der Waals surface area contributed by atoms with Crippen molar-refractivity contribution in [3.63, 3.8) is 0 Å². The van der Waals surface area contributed by atoms with Crippen molar-refractivity contribution < 1.29 is 4.74 Å². The number of methoxy groups -OCH3 is 1. The summed E-state index contributed by atoms with van der Waals surface area (Å²) < 4.78 is 5.79. The third-order valence-electron chi connectivity index (χ3n) is 4.68. The summed E-state index contributed by atoms with van der Waals surface area (Å²) >= 11 is 1.94. The second kappa shape index (κ2) is 5.94. The largest absolute Gasteiger partial charge is 0.374 e. The number of hydrogen-bond acceptors (Lipinski definition) is 2. The molecule has 0 fully saturated rings. The summed E-state index contributed by atoms with van der Waals surface area (Å²) in [6.07, 6.45) is 0.925. The first-order valence-corrected chi connectivity index (χ1v) is 8.49. The molecular weight excluding hydrogens is 288 g/mol. The molecule has 2 aromatic rings. The lowest BCUT2D eigenvalue weighted by molar-refractivity contribution is 0.0310. The third-order valence-corrected chi connectivity index (χ3v) is 6.00. The van der Waals surface area contributed by atoms with E-state index in [0.717, 1.165) is 12.0 Å². The minimum atomic E-state index is -0.295. The van der Waals surface area contributed by atoms with Gasteiger partial charge in [0, 0.05) is 17.3 Å². The van der Waals surface area contributed by atoms with Crippen molar-refractivity contribution in [2.45, 2.75) is 36.0 Å². The molecule has 3 rings (SSSR count). The Hall–Kier alpha value is -1.51. The summed E-state index contributed by atoms with van der Waals surface area (Å²) in [4.78, 5) is 1.35. The molecule has 2 heteroatoms. The van der Waals surface area contributed by atoms with Gasteiger partial charge in [-0.05, 0) is 48.6 Å². The molecule has 0 saturated heterocycles. The van der Waals surface area contributed by atoms with Crippen molar-refractivity contribution in [1.82, 2.24) is 0 Å². The van der Waals surface area contributed by atoms with Crippen molar-refractivity contribution in [2.24, 2.45) is 0 Å². The smallest absolute Gasteiger partial charge is 0.0868 e. The van der Waals surface area contributed by atoms with E-state index in [-0.39, 0.29) is 5.60 Å². The number of fused-ring (bicyclic) bond motifs is 3. The molecule has 0 radical (unpaired) electrons. The predicted octanol–water partition coefficient (Wildman–Crippen LogP) is 5.87. The van der Waals surface area contributed by atoms with Crippen molar-refractivity contribution in [3.05, 3.63) is 66.2 Å². The van der Waals surface area contributed by atoms with Gasteiger partial charge in [0.15, 0.2) is 0 Å². The molecule has 2 atom stereocenters. The van der Waals surface area contributed by atoms with Crippen LogP contribution in [0.3, 0.4) is 0 Å². The van der Waals surface area contributed by atoms with Gasteiger partial charge in [-0.1, -0.05) is 49.0 Å². The minimum absolute atomic E-state index is 0.295. The fraction of sp³-hybridized carbons (Fsp3) is 0.300. The highest BCUT2D eigenvalue weighted by Crippen LogP contribution is 2.52. The van der Waals surface area contributed by atoms with Gasteiger partial charge < -0.3 is 4.74 Å². The van der Waals surface area contributed by atoms with Crippen molar-refractivity contribution in [3.8, 4) is 11.1 Å². The Kier molecular flexibility index (Phi) is 4.16. The van der Waals surface area contributed by atoms with Crippen LogP contribution in [0.1, 0.15) is 31.1 Å². The fourth-order valence-corrected chi connectivity index (χ4v) is 4.47. The molecule has 0 N–H and O–H groups in total. The highest BCUT2D eigenvalue weighted by atomic mass is 32.2. The van der Waals surface area contributed by atoms with Crippen LogP contribution in [0.4, 0.5) is 0 Å². The molecule has 1 nitrogen and oxygen atoms in total. The molecule has 0 bridgehead atoms. The van der Waals surface area contributed by atoms with E-state index >= 15 is 0 Å². The first-order chi connectivity index (χ1) is 10.5. The summed E-state index contributed by atoms with van der Waals surface area (Å²) in [5.74, 6) is 0. The molecule has 114 valence electrons. The molecule has 0 aromatic heterocycles. The molecule has 0 aliphatic carbocycles. The van der Waals surface area contributed by atoms with E-state index in [1.165, 1.54) is 21.6 Å². The van der Waals surface area contributed by atoms with Crippen molar-refractivity contribution >= 4 is 11.8 Å². The van der Waals surface area contributed by atoms with Gasteiger partial charge >= 0.3 is 0 Å². The van der Waals surface area contributed by atoms with Crippen LogP contribution in [0.2, 0.25) is 0 Å². The molecule has 1 unspecified atom stereocenters. The lowest BCUT2D eigenvalue weighted by Crippen LogP contribution is -2.30. The number of thioether (sulfide) groups is 1. The highest BCUT2D eigenvalue weighted by Gasteiger charge is 2.33. The quantitative estimate of drug-likeness (QED) is 0.653. The van der Waals surface area contributed by atoms with Gasteiger partial charge in [0.2, 0.25) is 0 Å². The average molecular weight is 310 g/mol. The van der Waals surface area contributed by atoms with E-state index in [4.69, 9.17) is 4.74 Å². The summed E-state index contributed by atoms with van der Waals surface area (Å²) in [6, 6.07) is 17.4. The lowest BCUT2D eigenvalue weighted by atomic mass is 9.87. The van der Waals surface area contributed by atoms with Gasteiger partial charge in [0.05, 0.1) is 5.60 Å². The lowest BCUT2D eigenvalue weighted by Gasteiger charge is -2.35. The standard InChI is InChI=1S/C20H22OS/c1-14(2)20(3,21-4)13-19-17-11-6-5-9-15(17)16-10-7-8-12-18(16)22-19/h5-12,19H,1,13H2,2-4H3/t19?,20-/m0/s1. The molecule has 22 heavy (non-hydrogen) atoms. The van der Waals surface area contributed by atoms with E-state index in [0.29, 0.717) is 5.25 Å². The summed E-state index contributed by atoms with van der Waals surface area (Å²) in [5, 5.41) is 0.382. The second-order valence-corrected chi connectivity index (χ2v) is 7.35. The minimum Gasteiger partial charge on any atom is -0.374 e. The maximum Gasteiger partial charge on any atom is 0.0868 e. The van der Waals surface area contributed by atoms with E-state index in [1.54, 1.807) is 7.11 Å². The van der Waals surface area contributed by atoms with E-state index < -0.39 is 0 Å². The van der Waals surface area contributed by atoms with Gasteiger partial charge in [-0.2, -0.15) is 0 Å². The molecule has 0 amide bonds. The van der Waals surface area contributed by atoms with E-state index in [1.807, 2.05) is 11.8 Å². The molecule has 0 spiro atoms. The Bertz CT molecular complexity index is 706.